The van der Waals surface area contributed by atoms with Crippen LogP contribution < -0.4 is 5.73 Å². The summed E-state index contributed by atoms with van der Waals surface area (Å²) >= 11 is 3.33. The number of non-ortho nitro benzene ring substituents is 1. The summed E-state index contributed by atoms with van der Waals surface area (Å²) in [7, 11) is 0. The number of nitrogens with zero attached hydrogens (tertiary/aromatic N) is 2. The molecule has 6 heteroatoms. The van der Waals surface area contributed by atoms with Gasteiger partial charge < -0.3 is 5.73 Å². The third-order valence-corrected chi connectivity index (χ3v) is 3.33. The van der Waals surface area contributed by atoms with Crippen molar-refractivity contribution in [3.8, 4) is 0 Å². The maximum atomic E-state index is 10.8. The Bertz CT molecular complexity index is 631. The minimum absolute atomic E-state index is 0.0407. The molecule has 0 aliphatic rings. The highest BCUT2D eigenvalue weighted by molar-refractivity contribution is 9.10. The Morgan fingerprint density at radius 3 is 2.74 bits per heavy atom. The fourth-order valence-corrected chi connectivity index (χ4v) is 2.24. The van der Waals surface area contributed by atoms with Crippen molar-refractivity contribution in [3.05, 3.63) is 67.9 Å². The first kappa shape index (κ1) is 13.6. The van der Waals surface area contributed by atoms with Gasteiger partial charge in [0.05, 0.1) is 11.0 Å². The second-order valence-corrected chi connectivity index (χ2v) is 5.13. The molecule has 1 heterocycles. The molecular formula is C13H12BrN3O2. The van der Waals surface area contributed by atoms with E-state index in [1.807, 2.05) is 13.0 Å². The highest BCUT2D eigenvalue weighted by Gasteiger charge is 2.16. The van der Waals surface area contributed by atoms with Crippen LogP contribution in [-0.2, 0) is 0 Å². The van der Waals surface area contributed by atoms with Crippen LogP contribution in [-0.4, -0.2) is 9.91 Å². The Hall–Kier alpha value is -1.79. The first-order valence-corrected chi connectivity index (χ1v) is 6.39. The Morgan fingerprint density at radius 1 is 1.37 bits per heavy atom. The maximum absolute atomic E-state index is 10.8. The van der Waals surface area contributed by atoms with Gasteiger partial charge in [0.15, 0.2) is 0 Å². The molecular weight excluding hydrogens is 310 g/mol. The molecule has 0 radical (unpaired) electrons. The number of hydrogen-bond donors (Lipinski definition) is 1. The molecule has 0 amide bonds. The third-order valence-electron chi connectivity index (χ3n) is 2.89. The third kappa shape index (κ3) is 2.97. The fourth-order valence-electron chi connectivity index (χ4n) is 1.85. The van der Waals surface area contributed by atoms with E-state index in [4.69, 9.17) is 5.73 Å². The van der Waals surface area contributed by atoms with Gasteiger partial charge in [0.1, 0.15) is 0 Å². The van der Waals surface area contributed by atoms with E-state index in [9.17, 15) is 10.1 Å². The Morgan fingerprint density at radius 2 is 2.11 bits per heavy atom. The number of nitro groups is 1. The van der Waals surface area contributed by atoms with E-state index in [2.05, 4.69) is 20.9 Å². The molecule has 0 saturated heterocycles. The van der Waals surface area contributed by atoms with Gasteiger partial charge in [-0.3, -0.25) is 15.1 Å². The smallest absolute Gasteiger partial charge is 0.269 e. The van der Waals surface area contributed by atoms with E-state index in [0.717, 1.165) is 21.2 Å². The minimum Gasteiger partial charge on any atom is -0.320 e. The summed E-state index contributed by atoms with van der Waals surface area (Å²) in [6.45, 7) is 1.88. The number of halogens is 1. The SMILES string of the molecule is Cc1ccc([N+](=O)[O-])cc1C(N)c1cncc(Br)c1. The van der Waals surface area contributed by atoms with Crippen LogP contribution in [0.5, 0.6) is 0 Å². The molecule has 2 rings (SSSR count). The van der Waals surface area contributed by atoms with Gasteiger partial charge in [-0.2, -0.15) is 0 Å². The van der Waals surface area contributed by atoms with Crippen molar-refractivity contribution in [2.75, 3.05) is 0 Å². The molecule has 1 atom stereocenters. The molecule has 0 spiro atoms. The lowest BCUT2D eigenvalue weighted by Crippen LogP contribution is -2.14. The summed E-state index contributed by atoms with van der Waals surface area (Å²) in [5.74, 6) is 0. The molecule has 2 N–H and O–H groups in total. The number of nitrogens with two attached hydrogens (primary N) is 1. The number of aromatic nitrogens is 1. The van der Waals surface area contributed by atoms with Crippen LogP contribution in [0.25, 0.3) is 0 Å². The molecule has 98 valence electrons. The van der Waals surface area contributed by atoms with Crippen molar-refractivity contribution in [2.45, 2.75) is 13.0 Å². The summed E-state index contributed by atoms with van der Waals surface area (Å²) in [6, 6.07) is 6.12. The van der Waals surface area contributed by atoms with Crippen LogP contribution in [0.4, 0.5) is 5.69 Å². The monoisotopic (exact) mass is 321 g/mol. The quantitative estimate of drug-likeness (QED) is 0.695. The van der Waals surface area contributed by atoms with Crippen molar-refractivity contribution >= 4 is 21.6 Å². The van der Waals surface area contributed by atoms with Gasteiger partial charge in [0.2, 0.25) is 0 Å². The number of aryl methyl sites for hydroxylation is 1. The largest absolute Gasteiger partial charge is 0.320 e. The lowest BCUT2D eigenvalue weighted by molar-refractivity contribution is -0.384. The molecule has 19 heavy (non-hydrogen) atoms. The van der Waals surface area contributed by atoms with Crippen molar-refractivity contribution in [2.24, 2.45) is 5.73 Å². The minimum atomic E-state index is -0.440. The first-order chi connectivity index (χ1) is 8.99. The van der Waals surface area contributed by atoms with Crippen LogP contribution in [0.1, 0.15) is 22.7 Å². The van der Waals surface area contributed by atoms with Gasteiger partial charge in [0.25, 0.3) is 5.69 Å². The van der Waals surface area contributed by atoms with Crippen LogP contribution >= 0.6 is 15.9 Å². The normalized spacial score (nSPS) is 12.2. The van der Waals surface area contributed by atoms with E-state index < -0.39 is 11.0 Å². The molecule has 0 aliphatic carbocycles. The summed E-state index contributed by atoms with van der Waals surface area (Å²) in [4.78, 5) is 14.5. The number of pyridine rings is 1. The second-order valence-electron chi connectivity index (χ2n) is 4.21. The Kier molecular flexibility index (Phi) is 3.92. The van der Waals surface area contributed by atoms with E-state index in [1.165, 1.54) is 12.1 Å². The predicted molar refractivity (Wildman–Crippen MR) is 75.8 cm³/mol. The summed E-state index contributed by atoms with van der Waals surface area (Å²) < 4.78 is 0.823. The predicted octanol–water partition coefficient (Wildman–Crippen LogP) is 3.11. The van der Waals surface area contributed by atoms with Crippen LogP contribution in [0, 0.1) is 17.0 Å². The van der Waals surface area contributed by atoms with Gasteiger partial charge >= 0.3 is 0 Å². The summed E-state index contributed by atoms with van der Waals surface area (Å²) in [5.41, 5.74) is 8.66. The van der Waals surface area contributed by atoms with Gasteiger partial charge in [-0.25, -0.2) is 0 Å². The Balaban J connectivity index is 2.46. The zero-order valence-corrected chi connectivity index (χ0v) is 11.8. The number of hydrogen-bond acceptors (Lipinski definition) is 4. The molecule has 1 aromatic carbocycles. The summed E-state index contributed by atoms with van der Waals surface area (Å²) in [5, 5.41) is 10.8. The number of benzene rings is 1. The lowest BCUT2D eigenvalue weighted by Gasteiger charge is -2.14. The Labute approximate surface area is 118 Å². The molecule has 1 unspecified atom stereocenters. The summed E-state index contributed by atoms with van der Waals surface area (Å²) in [6.07, 6.45) is 3.32. The van der Waals surface area contributed by atoms with Gasteiger partial charge in [-0.15, -0.1) is 0 Å². The zero-order valence-electron chi connectivity index (χ0n) is 10.2. The first-order valence-electron chi connectivity index (χ1n) is 5.60. The van der Waals surface area contributed by atoms with E-state index in [0.29, 0.717) is 0 Å². The second kappa shape index (κ2) is 5.46. The van der Waals surface area contributed by atoms with Crippen molar-refractivity contribution < 1.29 is 4.92 Å². The van der Waals surface area contributed by atoms with E-state index in [-0.39, 0.29) is 5.69 Å². The molecule has 5 nitrogen and oxygen atoms in total. The van der Waals surface area contributed by atoms with Crippen LogP contribution in [0.15, 0.2) is 41.1 Å². The van der Waals surface area contributed by atoms with Gasteiger partial charge in [-0.05, 0) is 45.6 Å². The maximum Gasteiger partial charge on any atom is 0.269 e. The number of rotatable bonds is 3. The van der Waals surface area contributed by atoms with Crippen LogP contribution in [0.2, 0.25) is 0 Å². The van der Waals surface area contributed by atoms with Crippen LogP contribution in [0.3, 0.4) is 0 Å². The van der Waals surface area contributed by atoms with Crippen molar-refractivity contribution in [1.82, 2.24) is 4.98 Å². The van der Waals surface area contributed by atoms with Crippen molar-refractivity contribution in [3.63, 3.8) is 0 Å². The topological polar surface area (TPSA) is 82.0 Å². The molecule has 0 fully saturated rings. The molecule has 2 aromatic rings. The molecule has 0 saturated carbocycles. The average Bonchev–Trinajstić information content (AvgIpc) is 2.38. The average molecular weight is 322 g/mol. The van der Waals surface area contributed by atoms with Gasteiger partial charge in [-0.1, -0.05) is 6.07 Å². The van der Waals surface area contributed by atoms with E-state index >= 15 is 0 Å². The fraction of sp³-hybridized carbons (Fsp3) is 0.154. The molecule has 1 aromatic heterocycles. The zero-order chi connectivity index (χ0) is 14.0. The molecule has 0 aliphatic heterocycles. The lowest BCUT2D eigenvalue weighted by atomic mass is 9.96. The van der Waals surface area contributed by atoms with E-state index in [1.54, 1.807) is 18.5 Å². The van der Waals surface area contributed by atoms with Gasteiger partial charge in [0, 0.05) is 29.0 Å². The highest BCUT2D eigenvalue weighted by Crippen LogP contribution is 2.27. The highest BCUT2D eigenvalue weighted by atomic mass is 79.9. The molecule has 0 bridgehead atoms. The van der Waals surface area contributed by atoms with Crippen molar-refractivity contribution in [1.29, 1.82) is 0 Å². The standard InChI is InChI=1S/C13H12BrN3O2/c1-8-2-3-11(17(18)19)5-12(8)13(15)9-4-10(14)7-16-6-9/h2-7,13H,15H2,1H3. The number of nitro benzene ring substituents is 1.